The molecule has 30 heavy (non-hydrogen) atoms. The lowest BCUT2D eigenvalue weighted by Gasteiger charge is -2.17. The summed E-state index contributed by atoms with van der Waals surface area (Å²) < 4.78 is 17.0. The number of hydrogen-bond donors (Lipinski definition) is 2. The summed E-state index contributed by atoms with van der Waals surface area (Å²) in [5.41, 5.74) is 2.32. The Bertz CT molecular complexity index is 790. The van der Waals surface area contributed by atoms with Gasteiger partial charge in [0.1, 0.15) is 5.75 Å². The first-order chi connectivity index (χ1) is 14.4. The molecule has 6 heteroatoms. The molecular weight excluding hydrogens is 380 g/mol. The zero-order valence-corrected chi connectivity index (χ0v) is 18.7. The zero-order chi connectivity index (χ0) is 21.9. The van der Waals surface area contributed by atoms with Crippen LogP contribution in [0.5, 0.6) is 17.2 Å². The average molecular weight is 415 g/mol. The molecule has 2 rings (SSSR count). The fourth-order valence-electron chi connectivity index (χ4n) is 2.97. The molecule has 0 spiro atoms. The van der Waals surface area contributed by atoms with Crippen LogP contribution in [0.1, 0.15) is 51.7 Å². The molecule has 0 fully saturated rings. The Balaban J connectivity index is 1.78. The minimum absolute atomic E-state index is 0.266. The van der Waals surface area contributed by atoms with E-state index >= 15 is 0 Å². The van der Waals surface area contributed by atoms with Crippen LogP contribution in [0.2, 0.25) is 0 Å². The van der Waals surface area contributed by atoms with Crippen molar-refractivity contribution in [3.63, 3.8) is 0 Å². The Kier molecular flexibility index (Phi) is 9.32. The SMILES string of the molecule is CCOc1ccc(CCNC(=O)NC(C)Oc2ccc(C(C)C)cc2)cc1OCC. The lowest BCUT2D eigenvalue weighted by Crippen LogP contribution is -2.43. The monoisotopic (exact) mass is 414 g/mol. The van der Waals surface area contributed by atoms with Crippen LogP contribution >= 0.6 is 0 Å². The van der Waals surface area contributed by atoms with Crippen LogP contribution in [0, 0.1) is 0 Å². The van der Waals surface area contributed by atoms with Crippen molar-refractivity contribution in [3.05, 3.63) is 53.6 Å². The third-order valence-corrected chi connectivity index (χ3v) is 4.50. The zero-order valence-electron chi connectivity index (χ0n) is 18.7. The molecule has 0 aliphatic carbocycles. The molecule has 1 unspecified atom stereocenters. The molecule has 0 bridgehead atoms. The average Bonchev–Trinajstić information content (AvgIpc) is 2.70. The lowest BCUT2D eigenvalue weighted by atomic mass is 10.0. The maximum absolute atomic E-state index is 12.1. The molecule has 2 N–H and O–H groups in total. The van der Waals surface area contributed by atoms with Crippen LogP contribution in [-0.2, 0) is 6.42 Å². The quantitative estimate of drug-likeness (QED) is 0.515. The Morgan fingerprint density at radius 2 is 1.60 bits per heavy atom. The van der Waals surface area contributed by atoms with Gasteiger partial charge in [-0.1, -0.05) is 32.0 Å². The number of rotatable bonds is 11. The highest BCUT2D eigenvalue weighted by Crippen LogP contribution is 2.28. The van der Waals surface area contributed by atoms with E-state index in [4.69, 9.17) is 14.2 Å². The van der Waals surface area contributed by atoms with Crippen LogP contribution in [-0.4, -0.2) is 32.0 Å². The van der Waals surface area contributed by atoms with E-state index < -0.39 is 6.23 Å². The summed E-state index contributed by atoms with van der Waals surface area (Å²) in [6, 6.07) is 13.5. The first-order valence-corrected chi connectivity index (χ1v) is 10.6. The predicted octanol–water partition coefficient (Wildman–Crippen LogP) is 4.87. The summed E-state index contributed by atoms with van der Waals surface area (Å²) in [4.78, 5) is 12.1. The van der Waals surface area contributed by atoms with Crippen molar-refractivity contribution in [1.82, 2.24) is 10.6 Å². The van der Waals surface area contributed by atoms with E-state index in [0.29, 0.717) is 32.1 Å². The van der Waals surface area contributed by atoms with Gasteiger partial charge in [-0.15, -0.1) is 0 Å². The summed E-state index contributed by atoms with van der Waals surface area (Å²) in [5.74, 6) is 2.67. The minimum Gasteiger partial charge on any atom is -0.490 e. The van der Waals surface area contributed by atoms with Crippen LogP contribution < -0.4 is 24.8 Å². The fourth-order valence-corrected chi connectivity index (χ4v) is 2.97. The Morgan fingerprint density at radius 1 is 0.933 bits per heavy atom. The van der Waals surface area contributed by atoms with E-state index in [1.54, 1.807) is 6.92 Å². The lowest BCUT2D eigenvalue weighted by molar-refractivity contribution is 0.177. The van der Waals surface area contributed by atoms with Gasteiger partial charge in [0, 0.05) is 6.54 Å². The Labute approximate surface area is 179 Å². The number of hydrogen-bond acceptors (Lipinski definition) is 4. The van der Waals surface area contributed by atoms with E-state index in [1.807, 2.05) is 56.3 Å². The maximum Gasteiger partial charge on any atom is 0.317 e. The van der Waals surface area contributed by atoms with E-state index in [9.17, 15) is 4.79 Å². The van der Waals surface area contributed by atoms with Crippen LogP contribution in [0.15, 0.2) is 42.5 Å². The highest BCUT2D eigenvalue weighted by atomic mass is 16.5. The van der Waals surface area contributed by atoms with Crippen molar-refractivity contribution in [2.45, 2.75) is 53.2 Å². The second-order valence-corrected chi connectivity index (χ2v) is 7.28. The molecule has 164 valence electrons. The van der Waals surface area contributed by atoms with Gasteiger partial charge in [-0.25, -0.2) is 4.79 Å². The van der Waals surface area contributed by atoms with Crippen molar-refractivity contribution in [3.8, 4) is 17.2 Å². The molecular formula is C24H34N2O4. The van der Waals surface area contributed by atoms with Gasteiger partial charge in [0.15, 0.2) is 17.7 Å². The maximum atomic E-state index is 12.1. The van der Waals surface area contributed by atoms with Crippen molar-refractivity contribution in [2.24, 2.45) is 0 Å². The fraction of sp³-hybridized carbons (Fsp3) is 0.458. The van der Waals surface area contributed by atoms with Crippen LogP contribution in [0.25, 0.3) is 0 Å². The van der Waals surface area contributed by atoms with Crippen LogP contribution in [0.4, 0.5) is 4.79 Å². The van der Waals surface area contributed by atoms with E-state index in [0.717, 1.165) is 22.8 Å². The van der Waals surface area contributed by atoms with Crippen molar-refractivity contribution in [2.75, 3.05) is 19.8 Å². The second kappa shape index (κ2) is 12.0. The summed E-state index contributed by atoms with van der Waals surface area (Å²) in [7, 11) is 0. The largest absolute Gasteiger partial charge is 0.490 e. The molecule has 0 radical (unpaired) electrons. The van der Waals surface area contributed by atoms with Crippen molar-refractivity contribution < 1.29 is 19.0 Å². The van der Waals surface area contributed by atoms with Gasteiger partial charge in [0.2, 0.25) is 0 Å². The molecule has 1 atom stereocenters. The molecule has 0 saturated heterocycles. The first kappa shape index (κ1) is 23.4. The number of ether oxygens (including phenoxy) is 3. The Morgan fingerprint density at radius 3 is 2.23 bits per heavy atom. The smallest absolute Gasteiger partial charge is 0.317 e. The molecule has 0 aromatic heterocycles. The third kappa shape index (κ3) is 7.50. The molecule has 0 heterocycles. The summed E-state index contributed by atoms with van der Waals surface area (Å²) in [6.45, 7) is 11.6. The Hall–Kier alpha value is -2.89. The number of carbonyl (C=O) groups excluding carboxylic acids is 1. The van der Waals surface area contributed by atoms with Crippen LogP contribution in [0.3, 0.4) is 0 Å². The highest BCUT2D eigenvalue weighted by molar-refractivity contribution is 5.74. The number of nitrogens with one attached hydrogen (secondary N) is 2. The van der Waals surface area contributed by atoms with Gasteiger partial charge in [0.05, 0.1) is 13.2 Å². The standard InChI is InChI=1S/C24H34N2O4/c1-6-28-22-13-8-19(16-23(22)29-7-2)14-15-25-24(27)26-18(5)30-21-11-9-20(10-12-21)17(3)4/h8-13,16-18H,6-7,14-15H2,1-5H3,(H2,25,26,27). The normalized spacial score (nSPS) is 11.7. The molecule has 0 aliphatic heterocycles. The van der Waals surface area contributed by atoms with Gasteiger partial charge >= 0.3 is 6.03 Å². The molecule has 0 aliphatic rings. The van der Waals surface area contributed by atoms with Crippen molar-refractivity contribution >= 4 is 6.03 Å². The highest BCUT2D eigenvalue weighted by Gasteiger charge is 2.10. The van der Waals surface area contributed by atoms with E-state index in [2.05, 4.69) is 24.5 Å². The van der Waals surface area contributed by atoms with Gasteiger partial charge in [-0.2, -0.15) is 0 Å². The van der Waals surface area contributed by atoms with Gasteiger partial charge in [0.25, 0.3) is 0 Å². The van der Waals surface area contributed by atoms with Crippen molar-refractivity contribution in [1.29, 1.82) is 0 Å². The van der Waals surface area contributed by atoms with E-state index in [-0.39, 0.29) is 6.03 Å². The first-order valence-electron chi connectivity index (χ1n) is 10.6. The number of benzene rings is 2. The second-order valence-electron chi connectivity index (χ2n) is 7.28. The molecule has 6 nitrogen and oxygen atoms in total. The van der Waals surface area contributed by atoms with Gasteiger partial charge < -0.3 is 24.8 Å². The molecule has 2 aromatic carbocycles. The molecule has 2 aromatic rings. The number of carbonyl (C=O) groups is 1. The predicted molar refractivity (Wildman–Crippen MR) is 120 cm³/mol. The van der Waals surface area contributed by atoms with Gasteiger partial charge in [-0.3, -0.25) is 0 Å². The molecule has 2 amide bonds. The summed E-state index contributed by atoms with van der Waals surface area (Å²) in [6.07, 6.45) is 0.246. The summed E-state index contributed by atoms with van der Waals surface area (Å²) in [5, 5.41) is 5.65. The number of urea groups is 1. The third-order valence-electron chi connectivity index (χ3n) is 4.50. The topological polar surface area (TPSA) is 68.8 Å². The van der Waals surface area contributed by atoms with E-state index in [1.165, 1.54) is 5.56 Å². The summed E-state index contributed by atoms with van der Waals surface area (Å²) >= 11 is 0. The molecule has 0 saturated carbocycles. The minimum atomic E-state index is -0.440. The number of amides is 2. The van der Waals surface area contributed by atoms with Gasteiger partial charge in [-0.05, 0) is 68.5 Å².